The van der Waals surface area contributed by atoms with Crippen molar-refractivity contribution >= 4 is 23.4 Å². The molecule has 5 heteroatoms. The Hall–Kier alpha value is -1.23. The Labute approximate surface area is 119 Å². The van der Waals surface area contributed by atoms with E-state index in [0.29, 0.717) is 12.1 Å². The number of aromatic nitrogens is 1. The van der Waals surface area contributed by atoms with Crippen LogP contribution in [0, 0.1) is 0 Å². The molecular formula is C14H23N3OS. The van der Waals surface area contributed by atoms with Crippen molar-refractivity contribution in [1.82, 2.24) is 10.3 Å². The molecule has 0 radical (unpaired) electrons. The maximum atomic E-state index is 11.6. The minimum Gasteiger partial charge on any atom is -0.397 e. The third-order valence-corrected chi connectivity index (χ3v) is 3.48. The number of pyridine rings is 1. The van der Waals surface area contributed by atoms with Gasteiger partial charge in [-0.1, -0.05) is 12.8 Å². The Morgan fingerprint density at radius 2 is 2.11 bits per heavy atom. The molecule has 1 aromatic rings. The van der Waals surface area contributed by atoms with Gasteiger partial charge in [0, 0.05) is 12.2 Å². The van der Waals surface area contributed by atoms with Crippen LogP contribution in [0.3, 0.4) is 0 Å². The standard InChI is InChI=1S/C14H23N3OS/c1-19-9-5-3-2-4-8-16-14(18)10-13-7-6-12(15)11-17-13/h6-7,11H,2-5,8-10,15H2,1H3,(H,16,18). The Morgan fingerprint density at radius 1 is 1.32 bits per heavy atom. The topological polar surface area (TPSA) is 68.0 Å². The van der Waals surface area contributed by atoms with E-state index in [9.17, 15) is 4.79 Å². The molecule has 4 nitrogen and oxygen atoms in total. The monoisotopic (exact) mass is 281 g/mol. The van der Waals surface area contributed by atoms with E-state index in [1.807, 2.05) is 11.8 Å². The van der Waals surface area contributed by atoms with E-state index in [1.54, 1.807) is 18.3 Å². The number of carbonyl (C=O) groups is 1. The zero-order valence-corrected chi connectivity index (χ0v) is 12.3. The highest BCUT2D eigenvalue weighted by Gasteiger charge is 2.03. The number of hydrogen-bond donors (Lipinski definition) is 2. The van der Waals surface area contributed by atoms with Crippen LogP contribution < -0.4 is 11.1 Å². The fourth-order valence-corrected chi connectivity index (χ4v) is 2.21. The van der Waals surface area contributed by atoms with Gasteiger partial charge in [0.1, 0.15) is 0 Å². The first-order valence-corrected chi connectivity index (χ1v) is 8.08. The van der Waals surface area contributed by atoms with Crippen LogP contribution in [0.5, 0.6) is 0 Å². The normalized spacial score (nSPS) is 10.4. The Morgan fingerprint density at radius 3 is 2.79 bits per heavy atom. The number of amides is 1. The van der Waals surface area contributed by atoms with Gasteiger partial charge in [0.2, 0.25) is 5.91 Å². The number of nitrogens with one attached hydrogen (secondary N) is 1. The molecule has 0 aromatic carbocycles. The number of hydrogen-bond acceptors (Lipinski definition) is 4. The summed E-state index contributed by atoms with van der Waals surface area (Å²) in [6.07, 6.45) is 8.78. The summed E-state index contributed by atoms with van der Waals surface area (Å²) in [5.41, 5.74) is 6.92. The molecule has 0 fully saturated rings. The lowest BCUT2D eigenvalue weighted by molar-refractivity contribution is -0.120. The molecule has 0 saturated carbocycles. The van der Waals surface area contributed by atoms with Gasteiger partial charge in [0.15, 0.2) is 0 Å². The molecule has 19 heavy (non-hydrogen) atoms. The lowest BCUT2D eigenvalue weighted by Gasteiger charge is -2.05. The number of nitrogens with zero attached hydrogens (tertiary/aromatic N) is 1. The summed E-state index contributed by atoms with van der Waals surface area (Å²) in [6, 6.07) is 3.55. The first-order chi connectivity index (χ1) is 9.22. The predicted octanol–water partition coefficient (Wildman–Crippen LogP) is 2.25. The maximum absolute atomic E-state index is 11.6. The van der Waals surface area contributed by atoms with E-state index in [-0.39, 0.29) is 5.91 Å². The van der Waals surface area contributed by atoms with Crippen molar-refractivity contribution in [1.29, 1.82) is 0 Å². The van der Waals surface area contributed by atoms with Crippen LogP contribution in [0.25, 0.3) is 0 Å². The summed E-state index contributed by atoms with van der Waals surface area (Å²) in [6.45, 7) is 0.757. The Balaban J connectivity index is 2.06. The van der Waals surface area contributed by atoms with Gasteiger partial charge in [-0.3, -0.25) is 9.78 Å². The number of carbonyl (C=O) groups excluding carboxylic acids is 1. The molecule has 3 N–H and O–H groups in total. The summed E-state index contributed by atoms with van der Waals surface area (Å²) in [7, 11) is 0. The molecule has 106 valence electrons. The van der Waals surface area contributed by atoms with E-state index >= 15 is 0 Å². The molecule has 1 heterocycles. The summed E-state index contributed by atoms with van der Waals surface area (Å²) in [4.78, 5) is 15.8. The highest BCUT2D eigenvalue weighted by molar-refractivity contribution is 7.98. The van der Waals surface area contributed by atoms with Crippen molar-refractivity contribution in [2.45, 2.75) is 32.1 Å². The van der Waals surface area contributed by atoms with Crippen molar-refractivity contribution in [3.05, 3.63) is 24.0 Å². The molecule has 0 atom stereocenters. The fraction of sp³-hybridized carbons (Fsp3) is 0.571. The minimum absolute atomic E-state index is 0.0291. The molecule has 0 aliphatic carbocycles. The molecule has 1 rings (SSSR count). The summed E-state index contributed by atoms with van der Waals surface area (Å²) >= 11 is 1.89. The smallest absolute Gasteiger partial charge is 0.226 e. The second-order valence-electron chi connectivity index (χ2n) is 4.52. The second kappa shape index (κ2) is 9.67. The molecule has 0 aliphatic rings. The first kappa shape index (κ1) is 15.8. The zero-order chi connectivity index (χ0) is 13.9. The van der Waals surface area contributed by atoms with Crippen molar-refractivity contribution in [3.8, 4) is 0 Å². The molecule has 1 aromatic heterocycles. The van der Waals surface area contributed by atoms with Gasteiger partial charge in [-0.05, 0) is 37.0 Å². The number of nitrogen functional groups attached to an aromatic ring is 1. The molecule has 1 amide bonds. The molecule has 0 bridgehead atoms. The second-order valence-corrected chi connectivity index (χ2v) is 5.50. The third-order valence-electron chi connectivity index (χ3n) is 2.79. The van der Waals surface area contributed by atoms with Gasteiger partial charge in [0.25, 0.3) is 0 Å². The van der Waals surface area contributed by atoms with E-state index in [2.05, 4.69) is 16.6 Å². The van der Waals surface area contributed by atoms with Crippen LogP contribution in [0.1, 0.15) is 31.4 Å². The number of rotatable bonds is 9. The number of anilines is 1. The van der Waals surface area contributed by atoms with Crippen LogP contribution in [0.2, 0.25) is 0 Å². The highest BCUT2D eigenvalue weighted by Crippen LogP contribution is 2.04. The van der Waals surface area contributed by atoms with Gasteiger partial charge >= 0.3 is 0 Å². The van der Waals surface area contributed by atoms with E-state index in [1.165, 1.54) is 25.0 Å². The van der Waals surface area contributed by atoms with Crippen LogP contribution in [0.15, 0.2) is 18.3 Å². The molecule has 0 saturated heterocycles. The SMILES string of the molecule is CSCCCCCCNC(=O)Cc1ccc(N)cn1. The molecule has 0 spiro atoms. The quantitative estimate of drug-likeness (QED) is 0.681. The summed E-state index contributed by atoms with van der Waals surface area (Å²) in [5, 5.41) is 2.92. The van der Waals surface area contributed by atoms with Crippen molar-refractivity contribution < 1.29 is 4.79 Å². The summed E-state index contributed by atoms with van der Waals surface area (Å²) in [5.74, 6) is 1.26. The molecule has 0 aliphatic heterocycles. The fourth-order valence-electron chi connectivity index (χ4n) is 1.72. The van der Waals surface area contributed by atoms with Crippen molar-refractivity contribution in [2.24, 2.45) is 0 Å². The molecular weight excluding hydrogens is 258 g/mol. The van der Waals surface area contributed by atoms with Crippen molar-refractivity contribution in [3.63, 3.8) is 0 Å². The van der Waals surface area contributed by atoms with Crippen LogP contribution in [-0.2, 0) is 11.2 Å². The van der Waals surface area contributed by atoms with E-state index in [0.717, 1.165) is 18.7 Å². The maximum Gasteiger partial charge on any atom is 0.226 e. The van der Waals surface area contributed by atoms with Gasteiger partial charge in [-0.2, -0.15) is 11.8 Å². The van der Waals surface area contributed by atoms with Gasteiger partial charge in [-0.25, -0.2) is 0 Å². The molecule has 0 unspecified atom stereocenters. The number of unbranched alkanes of at least 4 members (excludes halogenated alkanes) is 3. The van der Waals surface area contributed by atoms with Crippen LogP contribution in [0.4, 0.5) is 5.69 Å². The summed E-state index contributed by atoms with van der Waals surface area (Å²) < 4.78 is 0. The van der Waals surface area contributed by atoms with Crippen LogP contribution >= 0.6 is 11.8 Å². The third kappa shape index (κ3) is 7.72. The largest absolute Gasteiger partial charge is 0.397 e. The Bertz CT molecular complexity index is 367. The number of nitrogens with two attached hydrogens (primary N) is 1. The van der Waals surface area contributed by atoms with Gasteiger partial charge in [0.05, 0.1) is 18.3 Å². The number of thioether (sulfide) groups is 1. The minimum atomic E-state index is 0.0291. The average molecular weight is 281 g/mol. The van der Waals surface area contributed by atoms with E-state index in [4.69, 9.17) is 5.73 Å². The highest BCUT2D eigenvalue weighted by atomic mass is 32.2. The van der Waals surface area contributed by atoms with Gasteiger partial charge in [-0.15, -0.1) is 0 Å². The lowest BCUT2D eigenvalue weighted by Crippen LogP contribution is -2.26. The van der Waals surface area contributed by atoms with E-state index < -0.39 is 0 Å². The lowest BCUT2D eigenvalue weighted by atomic mass is 10.2. The van der Waals surface area contributed by atoms with Crippen molar-refractivity contribution in [2.75, 3.05) is 24.3 Å². The average Bonchev–Trinajstić information content (AvgIpc) is 2.40. The first-order valence-electron chi connectivity index (χ1n) is 6.68. The van der Waals surface area contributed by atoms with Gasteiger partial charge < -0.3 is 11.1 Å². The van der Waals surface area contributed by atoms with Crippen LogP contribution in [-0.4, -0.2) is 29.4 Å². The Kier molecular flexibility index (Phi) is 8.05. The predicted molar refractivity (Wildman–Crippen MR) is 82.2 cm³/mol. The zero-order valence-electron chi connectivity index (χ0n) is 11.5.